The number of nitrogens with zero attached hydrogens (tertiary/aromatic N) is 2. The third-order valence-corrected chi connectivity index (χ3v) is 4.63. The van der Waals surface area contributed by atoms with E-state index in [1.165, 1.54) is 30.0 Å². The van der Waals surface area contributed by atoms with Gasteiger partial charge < -0.3 is 14.6 Å². The Hall–Kier alpha value is -3.09. The van der Waals surface area contributed by atoms with Crippen LogP contribution in [0.5, 0.6) is 5.75 Å². The van der Waals surface area contributed by atoms with Crippen LogP contribution in [0.4, 0.5) is 5.69 Å². The summed E-state index contributed by atoms with van der Waals surface area (Å²) < 4.78 is 8.30. The maximum Gasteiger partial charge on any atom is 0.330 e. The van der Waals surface area contributed by atoms with Gasteiger partial charge in [0.15, 0.2) is 0 Å². The van der Waals surface area contributed by atoms with Crippen LogP contribution in [-0.2, 0) is 18.9 Å². The second-order valence-corrected chi connectivity index (χ2v) is 6.69. The fourth-order valence-corrected chi connectivity index (χ4v) is 3.15. The maximum atomic E-state index is 12.3. The van der Waals surface area contributed by atoms with Gasteiger partial charge in [-0.05, 0) is 43.9 Å². The Labute approximate surface area is 156 Å². The molecule has 7 heteroatoms. The summed E-state index contributed by atoms with van der Waals surface area (Å²) in [4.78, 5) is 36.1. The van der Waals surface area contributed by atoms with Gasteiger partial charge in [-0.25, -0.2) is 4.79 Å². The molecule has 0 aliphatic heterocycles. The zero-order valence-electron chi connectivity index (χ0n) is 15.5. The van der Waals surface area contributed by atoms with Crippen LogP contribution in [0, 0.1) is 0 Å². The Balaban J connectivity index is 1.74. The van der Waals surface area contributed by atoms with Crippen molar-refractivity contribution in [2.45, 2.75) is 31.8 Å². The topological polar surface area (TPSA) is 82.3 Å². The van der Waals surface area contributed by atoms with Gasteiger partial charge in [-0.15, -0.1) is 0 Å². The highest BCUT2D eigenvalue weighted by molar-refractivity contribution is 6.02. The third kappa shape index (κ3) is 4.36. The first-order chi connectivity index (χ1) is 13.0. The van der Waals surface area contributed by atoms with Crippen LogP contribution in [0.3, 0.4) is 0 Å². The van der Waals surface area contributed by atoms with Crippen molar-refractivity contribution in [3.05, 3.63) is 62.9 Å². The molecular formula is C20H23N3O4. The van der Waals surface area contributed by atoms with Crippen molar-refractivity contribution in [3.8, 4) is 5.75 Å². The lowest BCUT2D eigenvalue weighted by atomic mass is 10.2. The Kier molecular flexibility index (Phi) is 5.59. The SMILES string of the molecule is Cn1cc(C=CC(=O)Nc2ccccc2OC2CCCC2)c(=O)n(C)c1=O. The Morgan fingerprint density at radius 1 is 1.19 bits per heavy atom. The molecule has 0 bridgehead atoms. The van der Waals surface area contributed by atoms with E-state index in [-0.39, 0.29) is 17.6 Å². The molecule has 27 heavy (non-hydrogen) atoms. The second kappa shape index (κ2) is 8.07. The molecule has 2 aromatic rings. The van der Waals surface area contributed by atoms with Crippen LogP contribution in [0.2, 0.25) is 0 Å². The minimum Gasteiger partial charge on any atom is -0.488 e. The summed E-state index contributed by atoms with van der Waals surface area (Å²) in [5, 5.41) is 2.79. The van der Waals surface area contributed by atoms with Crippen molar-refractivity contribution < 1.29 is 9.53 Å². The summed E-state index contributed by atoms with van der Waals surface area (Å²) in [5.41, 5.74) is -0.0237. The Morgan fingerprint density at radius 3 is 2.63 bits per heavy atom. The van der Waals surface area contributed by atoms with E-state index in [1.807, 2.05) is 18.2 Å². The number of rotatable bonds is 5. The average molecular weight is 369 g/mol. The molecule has 1 aromatic heterocycles. The minimum atomic E-state index is -0.452. The van der Waals surface area contributed by atoms with E-state index < -0.39 is 11.2 Å². The van der Waals surface area contributed by atoms with E-state index in [1.54, 1.807) is 13.1 Å². The van der Waals surface area contributed by atoms with Crippen molar-refractivity contribution in [2.24, 2.45) is 14.1 Å². The van der Waals surface area contributed by atoms with Gasteiger partial charge >= 0.3 is 5.69 Å². The van der Waals surface area contributed by atoms with Crippen molar-refractivity contribution in [1.82, 2.24) is 9.13 Å². The first kappa shape index (κ1) is 18.7. The lowest BCUT2D eigenvalue weighted by Gasteiger charge is -2.16. The summed E-state index contributed by atoms with van der Waals surface area (Å²) >= 11 is 0. The van der Waals surface area contributed by atoms with E-state index in [0.717, 1.165) is 30.3 Å². The van der Waals surface area contributed by atoms with E-state index in [2.05, 4.69) is 5.32 Å². The predicted molar refractivity (Wildman–Crippen MR) is 104 cm³/mol. The van der Waals surface area contributed by atoms with E-state index in [0.29, 0.717) is 11.4 Å². The van der Waals surface area contributed by atoms with E-state index in [4.69, 9.17) is 4.74 Å². The number of anilines is 1. The molecule has 1 aliphatic carbocycles. The number of aromatic nitrogens is 2. The fourth-order valence-electron chi connectivity index (χ4n) is 3.15. The zero-order chi connectivity index (χ0) is 19.4. The number of carbonyl (C=O) groups excluding carboxylic acids is 1. The molecule has 0 saturated heterocycles. The van der Waals surface area contributed by atoms with Crippen molar-refractivity contribution in [3.63, 3.8) is 0 Å². The molecule has 0 radical (unpaired) electrons. The number of hydrogen-bond donors (Lipinski definition) is 1. The summed E-state index contributed by atoms with van der Waals surface area (Å²) in [7, 11) is 2.95. The van der Waals surface area contributed by atoms with Crippen LogP contribution in [0.25, 0.3) is 6.08 Å². The largest absolute Gasteiger partial charge is 0.488 e. The summed E-state index contributed by atoms with van der Waals surface area (Å²) in [6, 6.07) is 7.30. The molecule has 1 aliphatic rings. The third-order valence-electron chi connectivity index (χ3n) is 4.63. The fraction of sp³-hybridized carbons (Fsp3) is 0.350. The molecule has 1 saturated carbocycles. The summed E-state index contributed by atoms with van der Waals surface area (Å²) in [5.74, 6) is 0.262. The van der Waals surface area contributed by atoms with E-state index in [9.17, 15) is 14.4 Å². The van der Waals surface area contributed by atoms with Crippen molar-refractivity contribution in [2.75, 3.05) is 5.32 Å². The lowest BCUT2D eigenvalue weighted by Crippen LogP contribution is -2.37. The van der Waals surface area contributed by atoms with Crippen LogP contribution in [0.15, 0.2) is 46.1 Å². The molecule has 3 rings (SSSR count). The van der Waals surface area contributed by atoms with Gasteiger partial charge in [0.2, 0.25) is 5.91 Å². The quantitative estimate of drug-likeness (QED) is 0.818. The lowest BCUT2D eigenvalue weighted by molar-refractivity contribution is -0.111. The van der Waals surface area contributed by atoms with Crippen LogP contribution >= 0.6 is 0 Å². The average Bonchev–Trinajstić information content (AvgIpc) is 3.16. The highest BCUT2D eigenvalue weighted by atomic mass is 16.5. The molecule has 0 spiro atoms. The predicted octanol–water partition coefficient (Wildman–Crippen LogP) is 2.06. The van der Waals surface area contributed by atoms with Gasteiger partial charge in [0, 0.05) is 26.4 Å². The molecule has 7 nitrogen and oxygen atoms in total. The molecule has 1 N–H and O–H groups in total. The summed E-state index contributed by atoms with van der Waals surface area (Å²) in [6.07, 6.45) is 8.65. The van der Waals surface area contributed by atoms with Gasteiger partial charge in [0.25, 0.3) is 5.56 Å². The number of nitrogens with one attached hydrogen (secondary N) is 1. The molecule has 142 valence electrons. The molecular weight excluding hydrogens is 346 g/mol. The molecule has 0 unspecified atom stereocenters. The van der Waals surface area contributed by atoms with Gasteiger partial charge in [0.05, 0.1) is 17.4 Å². The number of carbonyl (C=O) groups is 1. The Bertz CT molecular complexity index is 981. The van der Waals surface area contributed by atoms with Crippen molar-refractivity contribution >= 4 is 17.7 Å². The van der Waals surface area contributed by atoms with Crippen LogP contribution in [0.1, 0.15) is 31.2 Å². The normalized spacial score (nSPS) is 14.6. The van der Waals surface area contributed by atoms with Crippen LogP contribution < -0.4 is 21.3 Å². The van der Waals surface area contributed by atoms with Crippen LogP contribution in [-0.4, -0.2) is 21.1 Å². The second-order valence-electron chi connectivity index (χ2n) is 6.69. The number of amides is 1. The molecule has 0 atom stereocenters. The smallest absolute Gasteiger partial charge is 0.330 e. The van der Waals surface area contributed by atoms with Gasteiger partial charge in [0.1, 0.15) is 5.75 Å². The van der Waals surface area contributed by atoms with Crippen molar-refractivity contribution in [1.29, 1.82) is 0 Å². The highest BCUT2D eigenvalue weighted by Crippen LogP contribution is 2.29. The maximum absolute atomic E-state index is 12.3. The Morgan fingerprint density at radius 2 is 1.89 bits per heavy atom. The van der Waals surface area contributed by atoms with Gasteiger partial charge in [-0.2, -0.15) is 0 Å². The standard InChI is InChI=1S/C20H23N3O4/c1-22-13-14(19(25)23(2)20(22)26)11-12-18(24)21-16-9-5-6-10-17(16)27-15-7-3-4-8-15/h5-6,9-13,15H,3-4,7-8H2,1-2H3,(H,21,24). The number of aryl methyl sites for hydroxylation is 1. The van der Waals surface area contributed by atoms with Gasteiger partial charge in [-0.1, -0.05) is 12.1 Å². The zero-order valence-corrected chi connectivity index (χ0v) is 15.5. The molecule has 1 amide bonds. The summed E-state index contributed by atoms with van der Waals surface area (Å²) in [6.45, 7) is 0. The monoisotopic (exact) mass is 369 g/mol. The first-order valence-electron chi connectivity index (χ1n) is 8.97. The number of benzene rings is 1. The van der Waals surface area contributed by atoms with Gasteiger partial charge in [-0.3, -0.25) is 14.2 Å². The first-order valence-corrected chi connectivity index (χ1v) is 8.97. The number of ether oxygens (including phenoxy) is 1. The number of para-hydroxylation sites is 2. The molecule has 1 fully saturated rings. The van der Waals surface area contributed by atoms with E-state index >= 15 is 0 Å². The highest BCUT2D eigenvalue weighted by Gasteiger charge is 2.18. The minimum absolute atomic E-state index is 0.187. The molecule has 1 heterocycles. The molecule has 1 aromatic carbocycles. The number of hydrogen-bond acceptors (Lipinski definition) is 4.